The number of hydrogen-bond acceptors (Lipinski definition) is 3. The molecule has 0 spiro atoms. The van der Waals surface area contributed by atoms with Crippen LogP contribution in [0.1, 0.15) is 37.4 Å². The first-order chi connectivity index (χ1) is 15.5. The summed E-state index contributed by atoms with van der Waals surface area (Å²) in [5.41, 5.74) is 2.95. The van der Waals surface area contributed by atoms with Crippen LogP contribution >= 0.6 is 0 Å². The van der Waals surface area contributed by atoms with E-state index >= 15 is 0 Å². The lowest BCUT2D eigenvalue weighted by atomic mass is 9.97. The van der Waals surface area contributed by atoms with Crippen LogP contribution in [0.5, 0.6) is 0 Å². The van der Waals surface area contributed by atoms with Crippen LogP contribution in [0.3, 0.4) is 0 Å². The van der Waals surface area contributed by atoms with E-state index in [1.165, 1.54) is 24.3 Å². The molecule has 5 nitrogen and oxygen atoms in total. The number of amides is 1. The lowest BCUT2D eigenvalue weighted by Crippen LogP contribution is -2.27. The Morgan fingerprint density at radius 1 is 0.875 bits per heavy atom. The van der Waals surface area contributed by atoms with E-state index in [0.29, 0.717) is 24.2 Å². The SMILES string of the molecule is CN(Cc1cnn(Cc2ccccc2)c1)C(=O)c1ccccc1C(=O)c1ccc(F)cc1. The summed E-state index contributed by atoms with van der Waals surface area (Å²) in [6, 6.07) is 22.0. The molecule has 0 aliphatic carbocycles. The highest BCUT2D eigenvalue weighted by Crippen LogP contribution is 2.18. The molecule has 160 valence electrons. The van der Waals surface area contributed by atoms with E-state index < -0.39 is 5.82 Å². The molecule has 32 heavy (non-hydrogen) atoms. The summed E-state index contributed by atoms with van der Waals surface area (Å²) >= 11 is 0. The quantitative estimate of drug-likeness (QED) is 0.406. The van der Waals surface area contributed by atoms with Gasteiger partial charge in [0.25, 0.3) is 5.91 Å². The highest BCUT2D eigenvalue weighted by Gasteiger charge is 2.21. The van der Waals surface area contributed by atoms with Gasteiger partial charge in [-0.25, -0.2) is 4.39 Å². The molecule has 4 rings (SSSR count). The number of rotatable bonds is 7. The van der Waals surface area contributed by atoms with Gasteiger partial charge in [0.05, 0.1) is 18.3 Å². The van der Waals surface area contributed by atoms with Crippen LogP contribution in [0.25, 0.3) is 0 Å². The third-order valence-corrected chi connectivity index (χ3v) is 5.15. The molecule has 0 bridgehead atoms. The Kier molecular flexibility index (Phi) is 6.22. The molecule has 6 heteroatoms. The van der Waals surface area contributed by atoms with Crippen molar-refractivity contribution in [2.24, 2.45) is 0 Å². The van der Waals surface area contributed by atoms with Crippen LogP contribution in [0.2, 0.25) is 0 Å². The van der Waals surface area contributed by atoms with Gasteiger partial charge in [-0.2, -0.15) is 5.10 Å². The van der Waals surface area contributed by atoms with Gasteiger partial charge in [0.15, 0.2) is 5.78 Å². The van der Waals surface area contributed by atoms with E-state index in [4.69, 9.17) is 0 Å². The number of carbonyl (C=O) groups excluding carboxylic acids is 2. The Hall–Kier alpha value is -4.06. The Labute approximate surface area is 185 Å². The van der Waals surface area contributed by atoms with Gasteiger partial charge in [0, 0.05) is 36.5 Å². The van der Waals surface area contributed by atoms with E-state index in [2.05, 4.69) is 5.10 Å². The maximum atomic E-state index is 13.2. The summed E-state index contributed by atoms with van der Waals surface area (Å²) in [4.78, 5) is 27.6. The maximum Gasteiger partial charge on any atom is 0.254 e. The standard InChI is InChI=1S/C26H22FN3O2/c1-29(16-20-15-28-30(18-20)17-19-7-3-2-4-8-19)26(32)24-10-6-5-9-23(24)25(31)21-11-13-22(27)14-12-21/h2-15,18H,16-17H2,1H3. The predicted molar refractivity (Wildman–Crippen MR) is 120 cm³/mol. The highest BCUT2D eigenvalue weighted by molar-refractivity contribution is 6.15. The number of benzene rings is 3. The minimum Gasteiger partial charge on any atom is -0.337 e. The van der Waals surface area contributed by atoms with Crippen molar-refractivity contribution in [2.75, 3.05) is 7.05 Å². The maximum absolute atomic E-state index is 13.2. The van der Waals surface area contributed by atoms with Crippen molar-refractivity contribution in [3.8, 4) is 0 Å². The highest BCUT2D eigenvalue weighted by atomic mass is 19.1. The van der Waals surface area contributed by atoms with Crippen molar-refractivity contribution in [1.82, 2.24) is 14.7 Å². The molecule has 0 saturated heterocycles. The molecule has 3 aromatic carbocycles. The normalized spacial score (nSPS) is 10.7. The molecule has 0 fully saturated rings. The van der Waals surface area contributed by atoms with Gasteiger partial charge in [-0.15, -0.1) is 0 Å². The van der Waals surface area contributed by atoms with Crippen molar-refractivity contribution < 1.29 is 14.0 Å². The van der Waals surface area contributed by atoms with E-state index in [-0.39, 0.29) is 17.3 Å². The van der Waals surface area contributed by atoms with Crippen LogP contribution in [0, 0.1) is 5.82 Å². The van der Waals surface area contributed by atoms with Crippen LogP contribution in [-0.4, -0.2) is 33.4 Å². The molecule has 0 radical (unpaired) electrons. The summed E-state index contributed by atoms with van der Waals surface area (Å²) in [5.74, 6) is -1.01. The van der Waals surface area contributed by atoms with Gasteiger partial charge in [-0.1, -0.05) is 48.5 Å². The second kappa shape index (κ2) is 9.39. The van der Waals surface area contributed by atoms with E-state index in [1.54, 1.807) is 42.4 Å². The average molecular weight is 427 g/mol. The molecule has 1 amide bonds. The predicted octanol–water partition coefficient (Wildman–Crippen LogP) is 4.57. The molecule has 0 N–H and O–H groups in total. The number of halogens is 1. The summed E-state index contributed by atoms with van der Waals surface area (Å²) in [6.45, 7) is 1.00. The molecule has 1 heterocycles. The lowest BCUT2D eigenvalue weighted by molar-refractivity contribution is 0.0780. The van der Waals surface area contributed by atoms with E-state index in [0.717, 1.165) is 11.1 Å². The fraction of sp³-hybridized carbons (Fsp3) is 0.115. The third-order valence-electron chi connectivity index (χ3n) is 5.15. The molecular formula is C26H22FN3O2. The van der Waals surface area contributed by atoms with Gasteiger partial charge < -0.3 is 4.90 Å². The number of carbonyl (C=O) groups is 2. The second-order valence-electron chi connectivity index (χ2n) is 7.57. The first kappa shape index (κ1) is 21.2. The van der Waals surface area contributed by atoms with Gasteiger partial charge >= 0.3 is 0 Å². The largest absolute Gasteiger partial charge is 0.337 e. The monoisotopic (exact) mass is 427 g/mol. The van der Waals surface area contributed by atoms with Crippen molar-refractivity contribution in [3.05, 3.63) is 125 Å². The first-order valence-corrected chi connectivity index (χ1v) is 10.2. The van der Waals surface area contributed by atoms with E-state index in [1.807, 2.05) is 41.2 Å². The first-order valence-electron chi connectivity index (χ1n) is 10.2. The Morgan fingerprint density at radius 3 is 2.25 bits per heavy atom. The van der Waals surface area contributed by atoms with Crippen LogP contribution in [0.15, 0.2) is 91.3 Å². The Morgan fingerprint density at radius 2 is 1.53 bits per heavy atom. The minimum atomic E-state index is -0.418. The Bertz CT molecular complexity index is 1230. The van der Waals surface area contributed by atoms with Crippen LogP contribution < -0.4 is 0 Å². The molecule has 0 saturated carbocycles. The topological polar surface area (TPSA) is 55.2 Å². The summed E-state index contributed by atoms with van der Waals surface area (Å²) in [7, 11) is 1.69. The number of ketones is 1. The van der Waals surface area contributed by atoms with Crippen molar-refractivity contribution in [3.63, 3.8) is 0 Å². The molecule has 4 aromatic rings. The fourth-order valence-corrected chi connectivity index (χ4v) is 3.52. The van der Waals surface area contributed by atoms with Crippen LogP contribution in [0.4, 0.5) is 4.39 Å². The zero-order chi connectivity index (χ0) is 22.5. The van der Waals surface area contributed by atoms with Gasteiger partial charge in [-0.05, 0) is 35.9 Å². The molecule has 1 aromatic heterocycles. The smallest absolute Gasteiger partial charge is 0.254 e. The summed E-state index contributed by atoms with van der Waals surface area (Å²) in [5, 5.41) is 4.38. The lowest BCUT2D eigenvalue weighted by Gasteiger charge is -2.18. The van der Waals surface area contributed by atoms with Gasteiger partial charge in [-0.3, -0.25) is 14.3 Å². The average Bonchev–Trinajstić information content (AvgIpc) is 3.25. The second-order valence-corrected chi connectivity index (χ2v) is 7.57. The fourth-order valence-electron chi connectivity index (χ4n) is 3.52. The zero-order valence-corrected chi connectivity index (χ0v) is 17.6. The molecular weight excluding hydrogens is 405 g/mol. The van der Waals surface area contributed by atoms with Crippen molar-refractivity contribution in [2.45, 2.75) is 13.1 Å². The minimum absolute atomic E-state index is 0.271. The Balaban J connectivity index is 1.49. The van der Waals surface area contributed by atoms with Crippen molar-refractivity contribution in [1.29, 1.82) is 0 Å². The van der Waals surface area contributed by atoms with Gasteiger partial charge in [0.2, 0.25) is 0 Å². The van der Waals surface area contributed by atoms with Crippen LogP contribution in [-0.2, 0) is 13.1 Å². The molecule has 0 atom stereocenters. The molecule has 0 aliphatic heterocycles. The summed E-state index contributed by atoms with van der Waals surface area (Å²) < 4.78 is 15.0. The molecule has 0 aliphatic rings. The van der Waals surface area contributed by atoms with E-state index in [9.17, 15) is 14.0 Å². The summed E-state index contributed by atoms with van der Waals surface area (Å²) in [6.07, 6.45) is 3.65. The van der Waals surface area contributed by atoms with Crippen molar-refractivity contribution >= 4 is 11.7 Å². The number of nitrogens with zero attached hydrogens (tertiary/aromatic N) is 3. The molecule has 0 unspecified atom stereocenters. The third kappa shape index (κ3) is 4.81. The number of hydrogen-bond donors (Lipinski definition) is 0. The number of aromatic nitrogens is 2. The van der Waals surface area contributed by atoms with Gasteiger partial charge in [0.1, 0.15) is 5.82 Å². The zero-order valence-electron chi connectivity index (χ0n) is 17.6.